The monoisotopic (exact) mass is 361 g/mol. The first-order valence-electron chi connectivity index (χ1n) is 4.93. The number of hydrogen-bond acceptors (Lipinski definition) is 3. The van der Waals surface area contributed by atoms with Gasteiger partial charge in [-0.2, -0.15) is 0 Å². The highest BCUT2D eigenvalue weighted by Gasteiger charge is 2.07. The van der Waals surface area contributed by atoms with Crippen LogP contribution in [0.3, 0.4) is 0 Å². The van der Waals surface area contributed by atoms with Gasteiger partial charge in [0.2, 0.25) is 0 Å². The molecule has 90 valence electrons. The fraction of sp³-hybridized carbons (Fsp3) is 0.250. The molecule has 0 spiro atoms. The van der Waals surface area contributed by atoms with Gasteiger partial charge in [-0.05, 0) is 40.8 Å². The lowest BCUT2D eigenvalue weighted by Crippen LogP contribution is -2.25. The van der Waals surface area contributed by atoms with Crippen molar-refractivity contribution in [3.05, 3.63) is 27.3 Å². The second-order valence-electron chi connectivity index (χ2n) is 3.18. The molecule has 0 aromatic heterocycles. The van der Waals surface area contributed by atoms with E-state index < -0.39 is 0 Å². The Labute approximate surface area is 119 Å². The Hall–Kier alpha value is -0.870. The van der Waals surface area contributed by atoms with Gasteiger partial charge in [0.25, 0.3) is 5.91 Å². The van der Waals surface area contributed by atoms with Crippen LogP contribution in [0.1, 0.15) is 10.4 Å². The molecule has 0 fully saturated rings. The van der Waals surface area contributed by atoms with Crippen molar-refractivity contribution in [2.24, 2.45) is 0 Å². The predicted octanol–water partition coefficient (Wildman–Crippen LogP) is 2.09. The number of rotatable bonds is 5. The highest BCUT2D eigenvalue weighted by atomic mass is 127. The number of phenols is 1. The summed E-state index contributed by atoms with van der Waals surface area (Å²) in [6, 6.07) is 4.86. The molecule has 1 aromatic rings. The first-order valence-corrected chi connectivity index (χ1v) is 7.16. The molecule has 0 atom stereocenters. The number of hydrogen-bond donors (Lipinski definition) is 2. The number of benzene rings is 1. The van der Waals surface area contributed by atoms with Crippen molar-refractivity contribution in [2.45, 2.75) is 0 Å². The molecular formula is C12H12INO2S. The third-order valence-corrected chi connectivity index (χ3v) is 3.70. The Balaban J connectivity index is 2.42. The molecule has 0 heterocycles. The van der Waals surface area contributed by atoms with Crippen molar-refractivity contribution >= 4 is 40.3 Å². The summed E-state index contributed by atoms with van der Waals surface area (Å²) in [7, 11) is 0. The van der Waals surface area contributed by atoms with Crippen LogP contribution in [0.25, 0.3) is 0 Å². The van der Waals surface area contributed by atoms with Crippen molar-refractivity contribution in [3.63, 3.8) is 0 Å². The van der Waals surface area contributed by atoms with Gasteiger partial charge in [-0.1, -0.05) is 5.92 Å². The van der Waals surface area contributed by atoms with Gasteiger partial charge in [-0.15, -0.1) is 18.2 Å². The van der Waals surface area contributed by atoms with Gasteiger partial charge < -0.3 is 10.4 Å². The average Bonchev–Trinajstić information content (AvgIpc) is 2.32. The third kappa shape index (κ3) is 4.88. The number of thioether (sulfide) groups is 1. The smallest absolute Gasteiger partial charge is 0.251 e. The number of carbonyl (C=O) groups is 1. The molecule has 0 saturated carbocycles. The maximum absolute atomic E-state index is 11.7. The van der Waals surface area contributed by atoms with Crippen LogP contribution in [0.15, 0.2) is 18.2 Å². The topological polar surface area (TPSA) is 49.3 Å². The van der Waals surface area contributed by atoms with Crippen LogP contribution in [-0.2, 0) is 0 Å². The van der Waals surface area contributed by atoms with Gasteiger partial charge in [0, 0.05) is 17.9 Å². The third-order valence-electron chi connectivity index (χ3n) is 1.93. The number of terminal acetylenes is 1. The van der Waals surface area contributed by atoms with Gasteiger partial charge in [-0.25, -0.2) is 0 Å². The SMILES string of the molecule is C#CCSCCNC(=O)c1ccc(I)c(O)c1. The fourth-order valence-corrected chi connectivity index (χ4v) is 1.97. The summed E-state index contributed by atoms with van der Waals surface area (Å²) >= 11 is 3.60. The van der Waals surface area contributed by atoms with E-state index in [2.05, 4.69) is 11.2 Å². The molecule has 3 nitrogen and oxygen atoms in total. The normalized spacial score (nSPS) is 9.65. The zero-order valence-electron chi connectivity index (χ0n) is 9.07. The Kier molecular flexibility index (Phi) is 6.22. The molecule has 0 aliphatic heterocycles. The van der Waals surface area contributed by atoms with Crippen molar-refractivity contribution in [1.82, 2.24) is 5.32 Å². The lowest BCUT2D eigenvalue weighted by Gasteiger charge is -2.05. The quantitative estimate of drug-likeness (QED) is 0.480. The Morgan fingerprint density at radius 2 is 2.35 bits per heavy atom. The van der Waals surface area contributed by atoms with Crippen LogP contribution < -0.4 is 5.32 Å². The number of halogens is 1. The Morgan fingerprint density at radius 3 is 3.00 bits per heavy atom. The summed E-state index contributed by atoms with van der Waals surface area (Å²) in [5, 5.41) is 12.2. The molecule has 1 rings (SSSR count). The first kappa shape index (κ1) is 14.2. The van der Waals surface area contributed by atoms with E-state index in [9.17, 15) is 9.90 Å². The van der Waals surface area contributed by atoms with Crippen molar-refractivity contribution in [3.8, 4) is 18.1 Å². The number of phenolic OH excluding ortho intramolecular Hbond substituents is 1. The number of carbonyl (C=O) groups excluding carboxylic acids is 1. The second kappa shape index (κ2) is 7.45. The Bertz CT molecular complexity index is 443. The van der Waals surface area contributed by atoms with E-state index in [4.69, 9.17) is 6.42 Å². The molecule has 0 unspecified atom stereocenters. The van der Waals surface area contributed by atoms with E-state index in [1.54, 1.807) is 23.9 Å². The molecule has 17 heavy (non-hydrogen) atoms. The van der Waals surface area contributed by atoms with E-state index in [1.165, 1.54) is 6.07 Å². The first-order chi connectivity index (χ1) is 8.15. The largest absolute Gasteiger partial charge is 0.507 e. The average molecular weight is 361 g/mol. The molecule has 0 radical (unpaired) electrons. The molecule has 0 bridgehead atoms. The molecule has 1 amide bonds. The maximum Gasteiger partial charge on any atom is 0.251 e. The maximum atomic E-state index is 11.7. The van der Waals surface area contributed by atoms with Gasteiger partial charge in [-0.3, -0.25) is 4.79 Å². The van der Waals surface area contributed by atoms with Gasteiger partial charge in [0.1, 0.15) is 5.75 Å². The summed E-state index contributed by atoms with van der Waals surface area (Å²) in [5.74, 6) is 3.90. The highest BCUT2D eigenvalue weighted by Crippen LogP contribution is 2.20. The minimum absolute atomic E-state index is 0.125. The van der Waals surface area contributed by atoms with Gasteiger partial charge >= 0.3 is 0 Å². The standard InChI is InChI=1S/C12H12INO2S/c1-2-6-17-7-5-14-12(16)9-3-4-10(13)11(15)8-9/h1,3-4,8,15H,5-7H2,(H,14,16). The summed E-state index contributed by atoms with van der Waals surface area (Å²) in [6.07, 6.45) is 5.11. The van der Waals surface area contributed by atoms with Crippen LogP contribution in [-0.4, -0.2) is 29.1 Å². The van der Waals surface area contributed by atoms with Crippen LogP contribution in [0.2, 0.25) is 0 Å². The van der Waals surface area contributed by atoms with Crippen molar-refractivity contribution in [2.75, 3.05) is 18.1 Å². The predicted molar refractivity (Wildman–Crippen MR) is 79.3 cm³/mol. The van der Waals surface area contributed by atoms with E-state index in [0.29, 0.717) is 17.9 Å². The van der Waals surface area contributed by atoms with E-state index in [-0.39, 0.29) is 11.7 Å². The number of nitrogens with one attached hydrogen (secondary N) is 1. The minimum Gasteiger partial charge on any atom is -0.507 e. The molecule has 0 saturated heterocycles. The van der Waals surface area contributed by atoms with E-state index in [1.807, 2.05) is 22.6 Å². The zero-order chi connectivity index (χ0) is 12.7. The summed E-state index contributed by atoms with van der Waals surface area (Å²) in [5.41, 5.74) is 0.463. The van der Waals surface area contributed by atoms with Crippen LogP contribution >= 0.6 is 34.4 Å². The summed E-state index contributed by atoms with van der Waals surface area (Å²) in [6.45, 7) is 0.567. The zero-order valence-corrected chi connectivity index (χ0v) is 12.0. The summed E-state index contributed by atoms with van der Waals surface area (Å²) in [4.78, 5) is 11.7. The highest BCUT2D eigenvalue weighted by molar-refractivity contribution is 14.1. The van der Waals surface area contributed by atoms with Crippen molar-refractivity contribution in [1.29, 1.82) is 0 Å². The van der Waals surface area contributed by atoms with Crippen LogP contribution in [0.5, 0.6) is 5.75 Å². The second-order valence-corrected chi connectivity index (χ2v) is 5.45. The lowest BCUT2D eigenvalue weighted by atomic mass is 10.2. The molecule has 2 N–H and O–H groups in total. The number of aromatic hydroxyl groups is 1. The minimum atomic E-state index is -0.182. The number of amides is 1. The summed E-state index contributed by atoms with van der Waals surface area (Å²) < 4.78 is 0.726. The van der Waals surface area contributed by atoms with Crippen LogP contribution in [0, 0.1) is 15.9 Å². The Morgan fingerprint density at radius 1 is 1.59 bits per heavy atom. The van der Waals surface area contributed by atoms with E-state index >= 15 is 0 Å². The molecule has 0 aliphatic carbocycles. The van der Waals surface area contributed by atoms with Gasteiger partial charge in [0.15, 0.2) is 0 Å². The van der Waals surface area contributed by atoms with E-state index in [0.717, 1.165) is 9.32 Å². The molecule has 1 aromatic carbocycles. The van der Waals surface area contributed by atoms with Crippen LogP contribution in [0.4, 0.5) is 0 Å². The molecule has 0 aliphatic rings. The molecule has 5 heteroatoms. The fourth-order valence-electron chi connectivity index (χ4n) is 1.12. The van der Waals surface area contributed by atoms with Crippen molar-refractivity contribution < 1.29 is 9.90 Å². The van der Waals surface area contributed by atoms with Gasteiger partial charge in [0.05, 0.1) is 9.32 Å². The molecular weight excluding hydrogens is 349 g/mol. The lowest BCUT2D eigenvalue weighted by molar-refractivity contribution is 0.0956.